The number of amides is 1. The highest BCUT2D eigenvalue weighted by molar-refractivity contribution is 5.86. The first-order chi connectivity index (χ1) is 13.7. The van der Waals surface area contributed by atoms with E-state index in [2.05, 4.69) is 27.5 Å². The van der Waals surface area contributed by atoms with Crippen LogP contribution in [-0.2, 0) is 17.8 Å². The fourth-order valence-electron chi connectivity index (χ4n) is 2.56. The Bertz CT molecular complexity index is 775. The third-order valence-corrected chi connectivity index (χ3v) is 3.99. The molecule has 6 heteroatoms. The molecule has 0 heterocycles. The maximum Gasteiger partial charge on any atom is 0.239 e. The van der Waals surface area contributed by atoms with Crippen LogP contribution in [0.2, 0.25) is 0 Å². The van der Waals surface area contributed by atoms with E-state index in [0.717, 1.165) is 17.7 Å². The van der Waals surface area contributed by atoms with E-state index >= 15 is 0 Å². The summed E-state index contributed by atoms with van der Waals surface area (Å²) in [6.45, 7) is 5.40. The van der Waals surface area contributed by atoms with Gasteiger partial charge in [0.15, 0.2) is 5.96 Å². The average Bonchev–Trinajstić information content (AvgIpc) is 2.73. The summed E-state index contributed by atoms with van der Waals surface area (Å²) in [7, 11) is 1.67. The summed E-state index contributed by atoms with van der Waals surface area (Å²) in [6.07, 6.45) is 2.52. The molecular formula is C22H28N4O2. The van der Waals surface area contributed by atoms with Crippen LogP contribution in [0.3, 0.4) is 0 Å². The molecule has 0 saturated carbocycles. The number of aliphatic imine (C=N–C) groups is 1. The van der Waals surface area contributed by atoms with Gasteiger partial charge in [-0.15, -0.1) is 0 Å². The predicted molar refractivity (Wildman–Crippen MR) is 113 cm³/mol. The van der Waals surface area contributed by atoms with Crippen molar-refractivity contribution >= 4 is 11.9 Å². The lowest BCUT2D eigenvalue weighted by atomic mass is 10.1. The predicted octanol–water partition coefficient (Wildman–Crippen LogP) is 2.28. The molecule has 3 N–H and O–H groups in total. The Balaban J connectivity index is 1.72. The number of para-hydroxylation sites is 1. The van der Waals surface area contributed by atoms with E-state index in [9.17, 15) is 4.79 Å². The molecule has 0 radical (unpaired) electrons. The van der Waals surface area contributed by atoms with Crippen LogP contribution in [0.5, 0.6) is 5.75 Å². The highest BCUT2D eigenvalue weighted by atomic mass is 16.5. The Morgan fingerprint density at radius 3 is 2.57 bits per heavy atom. The fraction of sp³-hybridized carbons (Fsp3) is 0.273. The summed E-state index contributed by atoms with van der Waals surface area (Å²) < 4.78 is 5.65. The molecule has 1 amide bonds. The Kier molecular flexibility index (Phi) is 9.14. The molecule has 0 saturated heterocycles. The van der Waals surface area contributed by atoms with Gasteiger partial charge in [-0.1, -0.05) is 61.2 Å². The van der Waals surface area contributed by atoms with E-state index in [1.54, 1.807) is 13.1 Å². The molecule has 2 rings (SSSR count). The molecule has 148 valence electrons. The van der Waals surface area contributed by atoms with Gasteiger partial charge >= 0.3 is 0 Å². The molecule has 0 aliphatic rings. The van der Waals surface area contributed by atoms with Gasteiger partial charge in [0.05, 0.1) is 6.54 Å². The van der Waals surface area contributed by atoms with Gasteiger partial charge in [-0.05, 0) is 18.1 Å². The van der Waals surface area contributed by atoms with Crippen molar-refractivity contribution in [3.8, 4) is 5.75 Å². The molecular weight excluding hydrogens is 352 g/mol. The lowest BCUT2D eigenvalue weighted by Gasteiger charge is -2.14. The molecule has 0 bridgehead atoms. The molecule has 0 fully saturated rings. The van der Waals surface area contributed by atoms with Gasteiger partial charge in [0, 0.05) is 25.7 Å². The Morgan fingerprint density at radius 1 is 1.07 bits per heavy atom. The van der Waals surface area contributed by atoms with Crippen LogP contribution in [-0.4, -0.2) is 38.6 Å². The van der Waals surface area contributed by atoms with Gasteiger partial charge in [0.2, 0.25) is 5.91 Å². The van der Waals surface area contributed by atoms with Crippen LogP contribution in [0.15, 0.2) is 72.2 Å². The maximum absolute atomic E-state index is 12.0. The van der Waals surface area contributed by atoms with Crippen LogP contribution >= 0.6 is 0 Å². The first-order valence-electron chi connectivity index (χ1n) is 9.29. The van der Waals surface area contributed by atoms with Gasteiger partial charge in [-0.25, -0.2) is 0 Å². The quantitative estimate of drug-likeness (QED) is 0.336. The number of hydrogen-bond donors (Lipinski definition) is 3. The maximum atomic E-state index is 12.0. The highest BCUT2D eigenvalue weighted by Gasteiger charge is 2.06. The second kappa shape index (κ2) is 12.2. The number of rotatable bonds is 10. The van der Waals surface area contributed by atoms with E-state index in [1.165, 1.54) is 5.56 Å². The molecule has 0 unspecified atom stereocenters. The van der Waals surface area contributed by atoms with Crippen molar-refractivity contribution in [1.82, 2.24) is 16.0 Å². The number of nitrogens with one attached hydrogen (secondary N) is 3. The molecule has 2 aromatic carbocycles. The van der Waals surface area contributed by atoms with Crippen LogP contribution in [0.25, 0.3) is 0 Å². The molecule has 0 aromatic heterocycles. The van der Waals surface area contributed by atoms with Gasteiger partial charge in [0.25, 0.3) is 0 Å². The monoisotopic (exact) mass is 380 g/mol. The number of carbonyl (C=O) groups is 1. The number of hydrogen-bond acceptors (Lipinski definition) is 3. The van der Waals surface area contributed by atoms with Crippen molar-refractivity contribution in [3.05, 3.63) is 78.4 Å². The zero-order chi connectivity index (χ0) is 20.0. The van der Waals surface area contributed by atoms with Gasteiger partial charge < -0.3 is 20.7 Å². The van der Waals surface area contributed by atoms with Gasteiger partial charge in [-0.2, -0.15) is 0 Å². The number of benzene rings is 2. The van der Waals surface area contributed by atoms with E-state index in [4.69, 9.17) is 4.74 Å². The largest absolute Gasteiger partial charge is 0.489 e. The minimum Gasteiger partial charge on any atom is -0.489 e. The van der Waals surface area contributed by atoms with E-state index in [1.807, 2.05) is 54.6 Å². The Labute approximate surface area is 166 Å². The van der Waals surface area contributed by atoms with Crippen LogP contribution in [0.1, 0.15) is 11.1 Å². The van der Waals surface area contributed by atoms with Crippen molar-refractivity contribution in [1.29, 1.82) is 0 Å². The van der Waals surface area contributed by atoms with Crippen molar-refractivity contribution in [2.75, 3.05) is 26.7 Å². The molecule has 6 nitrogen and oxygen atoms in total. The minimum absolute atomic E-state index is 0.0754. The summed E-state index contributed by atoms with van der Waals surface area (Å²) in [6, 6.07) is 17.8. The fourth-order valence-corrected chi connectivity index (χ4v) is 2.56. The van der Waals surface area contributed by atoms with Crippen LogP contribution < -0.4 is 20.7 Å². The number of ether oxygens (including phenoxy) is 1. The number of guanidine groups is 1. The normalized spacial score (nSPS) is 10.8. The molecule has 0 aliphatic carbocycles. The smallest absolute Gasteiger partial charge is 0.239 e. The molecule has 28 heavy (non-hydrogen) atoms. The van der Waals surface area contributed by atoms with E-state index in [-0.39, 0.29) is 12.5 Å². The van der Waals surface area contributed by atoms with Gasteiger partial charge in [0.1, 0.15) is 12.4 Å². The van der Waals surface area contributed by atoms with Crippen molar-refractivity contribution in [2.24, 2.45) is 4.99 Å². The summed E-state index contributed by atoms with van der Waals surface area (Å²) in [5.74, 6) is 1.27. The molecule has 0 spiro atoms. The zero-order valence-corrected chi connectivity index (χ0v) is 16.3. The summed E-state index contributed by atoms with van der Waals surface area (Å²) in [5.41, 5.74) is 2.20. The first-order valence-corrected chi connectivity index (χ1v) is 9.29. The Morgan fingerprint density at radius 2 is 1.82 bits per heavy atom. The zero-order valence-electron chi connectivity index (χ0n) is 16.3. The highest BCUT2D eigenvalue weighted by Crippen LogP contribution is 2.17. The minimum atomic E-state index is -0.0754. The molecule has 0 atom stereocenters. The van der Waals surface area contributed by atoms with Crippen molar-refractivity contribution in [3.63, 3.8) is 0 Å². The van der Waals surface area contributed by atoms with E-state index in [0.29, 0.717) is 25.7 Å². The lowest BCUT2D eigenvalue weighted by Crippen LogP contribution is -2.43. The third kappa shape index (κ3) is 7.53. The second-order valence-electron chi connectivity index (χ2n) is 6.07. The van der Waals surface area contributed by atoms with Gasteiger partial charge in [-0.3, -0.25) is 9.79 Å². The first kappa shape index (κ1) is 21.0. The van der Waals surface area contributed by atoms with E-state index < -0.39 is 0 Å². The second-order valence-corrected chi connectivity index (χ2v) is 6.07. The van der Waals surface area contributed by atoms with Crippen LogP contribution in [0, 0.1) is 0 Å². The summed E-state index contributed by atoms with van der Waals surface area (Å²) >= 11 is 0. The van der Waals surface area contributed by atoms with Crippen LogP contribution in [0.4, 0.5) is 0 Å². The summed E-state index contributed by atoms with van der Waals surface area (Å²) in [5, 5.41) is 9.12. The summed E-state index contributed by atoms with van der Waals surface area (Å²) in [4.78, 5) is 16.2. The standard InChI is InChI=1S/C22H28N4O2/c1-3-15-28-20-12-8-7-11-19(20)16-25-22(23-2)26-17-21(27)24-14-13-18-9-5-4-6-10-18/h3-12H,1,13-17H2,2H3,(H,24,27)(H2,23,25,26). The topological polar surface area (TPSA) is 74.8 Å². The lowest BCUT2D eigenvalue weighted by molar-refractivity contribution is -0.119. The third-order valence-electron chi connectivity index (χ3n) is 3.99. The Hall–Kier alpha value is -3.28. The number of carbonyl (C=O) groups excluding carboxylic acids is 1. The average molecular weight is 380 g/mol. The van der Waals surface area contributed by atoms with Crippen molar-refractivity contribution in [2.45, 2.75) is 13.0 Å². The molecule has 0 aliphatic heterocycles. The van der Waals surface area contributed by atoms with Crippen molar-refractivity contribution < 1.29 is 9.53 Å². The molecule has 2 aromatic rings. The SMILES string of the molecule is C=CCOc1ccccc1CNC(=NC)NCC(=O)NCCc1ccccc1. The number of nitrogens with zero attached hydrogens (tertiary/aromatic N) is 1.